The van der Waals surface area contributed by atoms with Crippen LogP contribution in [-0.4, -0.2) is 6.66 Å². The Morgan fingerprint density at radius 3 is 1.50 bits per heavy atom. The molecule has 0 nitrogen and oxygen atoms in total. The van der Waals surface area contributed by atoms with Gasteiger partial charge in [0.15, 0.2) is 23.3 Å². The molecule has 14 heavy (non-hydrogen) atoms. The largest absolute Gasteiger partial charge is 0.202 e. The van der Waals surface area contributed by atoms with E-state index in [2.05, 4.69) is 0 Å². The molecule has 0 aliphatic heterocycles. The van der Waals surface area contributed by atoms with Crippen LogP contribution in [-0.2, 0) is 0 Å². The minimum Gasteiger partial charge on any atom is -0.202 e. The standard InChI is InChI=1S/C7H4F5PS/c1-13-14-7-5(11)3(9)2(8)4(10)6(7)12/h13H,1H3. The zero-order valence-corrected chi connectivity index (χ0v) is 8.61. The first-order chi connectivity index (χ1) is 6.50. The summed E-state index contributed by atoms with van der Waals surface area (Å²) in [6.45, 7) is 1.57. The van der Waals surface area contributed by atoms with E-state index in [-0.39, 0.29) is 7.78 Å². The van der Waals surface area contributed by atoms with E-state index in [4.69, 9.17) is 0 Å². The molecule has 1 aromatic carbocycles. The number of halogens is 5. The summed E-state index contributed by atoms with van der Waals surface area (Å²) in [5, 5.41) is 0. The summed E-state index contributed by atoms with van der Waals surface area (Å²) in [6, 6.07) is 0. The van der Waals surface area contributed by atoms with Gasteiger partial charge in [-0.2, -0.15) is 0 Å². The second-order valence-corrected chi connectivity index (χ2v) is 5.06. The van der Waals surface area contributed by atoms with Gasteiger partial charge in [-0.15, -0.1) is 0 Å². The number of rotatable bonds is 2. The summed E-state index contributed by atoms with van der Waals surface area (Å²) in [5.74, 6) is -9.44. The summed E-state index contributed by atoms with van der Waals surface area (Å²) < 4.78 is 63.3. The molecule has 0 aliphatic carbocycles. The van der Waals surface area contributed by atoms with Gasteiger partial charge in [0, 0.05) is 0 Å². The van der Waals surface area contributed by atoms with Crippen molar-refractivity contribution in [2.24, 2.45) is 0 Å². The smallest absolute Gasteiger partial charge is 0.200 e. The van der Waals surface area contributed by atoms with Crippen molar-refractivity contribution in [2.45, 2.75) is 4.90 Å². The third-order valence-corrected chi connectivity index (χ3v) is 3.37. The van der Waals surface area contributed by atoms with Crippen molar-refractivity contribution in [3.05, 3.63) is 29.1 Å². The molecule has 1 aromatic rings. The Hall–Kier alpha value is -0.350. The summed E-state index contributed by atoms with van der Waals surface area (Å²) in [7, 11) is -0.00162. The topological polar surface area (TPSA) is 0 Å². The van der Waals surface area contributed by atoms with Crippen molar-refractivity contribution >= 4 is 19.2 Å². The van der Waals surface area contributed by atoms with Crippen LogP contribution in [0, 0.1) is 29.1 Å². The average Bonchev–Trinajstić information content (AvgIpc) is 2.19. The fraction of sp³-hybridized carbons (Fsp3) is 0.143. The third-order valence-electron chi connectivity index (χ3n) is 1.37. The summed E-state index contributed by atoms with van der Waals surface area (Å²) in [6.07, 6.45) is 0. The molecule has 78 valence electrons. The minimum absolute atomic E-state index is 0.00162. The molecule has 0 aliphatic rings. The monoisotopic (exact) mass is 246 g/mol. The van der Waals surface area contributed by atoms with E-state index in [0.717, 1.165) is 0 Å². The molecule has 0 amide bonds. The maximum atomic E-state index is 12.9. The Morgan fingerprint density at radius 1 is 0.786 bits per heavy atom. The molecule has 0 bridgehead atoms. The molecule has 1 rings (SSSR count). The van der Waals surface area contributed by atoms with E-state index in [0.29, 0.717) is 11.4 Å². The molecule has 0 saturated heterocycles. The first-order valence-electron chi connectivity index (χ1n) is 3.35. The van der Waals surface area contributed by atoms with E-state index in [1.807, 2.05) is 0 Å². The third kappa shape index (κ3) is 1.86. The quantitative estimate of drug-likeness (QED) is 0.332. The van der Waals surface area contributed by atoms with E-state index in [1.54, 1.807) is 6.66 Å². The molecule has 0 fully saturated rings. The molecular formula is C7H4F5PS. The second-order valence-electron chi connectivity index (χ2n) is 2.21. The lowest BCUT2D eigenvalue weighted by Crippen LogP contribution is -2.02. The zero-order chi connectivity index (χ0) is 10.9. The molecule has 0 spiro atoms. The molecule has 0 aromatic heterocycles. The molecule has 0 heterocycles. The van der Waals surface area contributed by atoms with Crippen molar-refractivity contribution in [3.8, 4) is 0 Å². The van der Waals surface area contributed by atoms with E-state index < -0.39 is 34.0 Å². The van der Waals surface area contributed by atoms with Crippen molar-refractivity contribution in [3.63, 3.8) is 0 Å². The van der Waals surface area contributed by atoms with E-state index in [1.165, 1.54) is 0 Å². The molecule has 1 unspecified atom stereocenters. The van der Waals surface area contributed by atoms with Gasteiger partial charge in [-0.3, -0.25) is 0 Å². The SMILES string of the molecule is CPSc1c(F)c(F)c(F)c(F)c1F. The lowest BCUT2D eigenvalue weighted by atomic mass is 10.3. The van der Waals surface area contributed by atoms with Gasteiger partial charge in [0.1, 0.15) is 0 Å². The maximum absolute atomic E-state index is 12.9. The van der Waals surface area contributed by atoms with E-state index in [9.17, 15) is 22.0 Å². The summed E-state index contributed by atoms with van der Waals surface area (Å²) >= 11 is 0.597. The van der Waals surface area contributed by atoms with Gasteiger partial charge in [0.2, 0.25) is 5.82 Å². The minimum atomic E-state index is -2.12. The van der Waals surface area contributed by atoms with Crippen LogP contribution in [0.25, 0.3) is 0 Å². The van der Waals surface area contributed by atoms with Crippen LogP contribution in [0.5, 0.6) is 0 Å². The van der Waals surface area contributed by atoms with Gasteiger partial charge in [-0.25, -0.2) is 22.0 Å². The van der Waals surface area contributed by atoms with Gasteiger partial charge in [0.25, 0.3) is 0 Å². The Bertz CT molecular complexity index is 339. The predicted octanol–water partition coefficient (Wildman–Crippen LogP) is 3.70. The molecular weight excluding hydrogens is 242 g/mol. The highest BCUT2D eigenvalue weighted by Crippen LogP contribution is 2.39. The van der Waals surface area contributed by atoms with E-state index >= 15 is 0 Å². The van der Waals surface area contributed by atoms with Gasteiger partial charge < -0.3 is 0 Å². The predicted molar refractivity (Wildman–Crippen MR) is 46.3 cm³/mol. The lowest BCUT2D eigenvalue weighted by molar-refractivity contribution is 0.361. The number of benzene rings is 1. The Labute approximate surface area is 82.4 Å². The average molecular weight is 246 g/mol. The summed E-state index contributed by atoms with van der Waals surface area (Å²) in [5.41, 5.74) is 0. The Balaban J connectivity index is 3.43. The highest BCUT2D eigenvalue weighted by atomic mass is 32.7. The van der Waals surface area contributed by atoms with Crippen LogP contribution in [0.4, 0.5) is 22.0 Å². The van der Waals surface area contributed by atoms with Crippen molar-refractivity contribution in [1.82, 2.24) is 0 Å². The normalized spacial score (nSPS) is 11.6. The second kappa shape index (κ2) is 4.45. The van der Waals surface area contributed by atoms with Gasteiger partial charge >= 0.3 is 0 Å². The Kier molecular flexibility index (Phi) is 3.72. The maximum Gasteiger partial charge on any atom is 0.200 e. The number of hydrogen-bond donors (Lipinski definition) is 0. The zero-order valence-electron chi connectivity index (χ0n) is 6.80. The highest BCUT2D eigenvalue weighted by molar-refractivity contribution is 8.49. The van der Waals surface area contributed by atoms with Crippen LogP contribution in [0.1, 0.15) is 0 Å². The van der Waals surface area contributed by atoms with Crippen molar-refractivity contribution < 1.29 is 22.0 Å². The first kappa shape index (κ1) is 11.7. The fourth-order valence-electron chi connectivity index (χ4n) is 0.776. The Morgan fingerprint density at radius 2 is 1.14 bits per heavy atom. The van der Waals surface area contributed by atoms with Gasteiger partial charge in [0.05, 0.1) is 4.90 Å². The molecule has 0 N–H and O–H groups in total. The van der Waals surface area contributed by atoms with Crippen LogP contribution in [0.3, 0.4) is 0 Å². The van der Waals surface area contributed by atoms with Crippen LogP contribution in [0.15, 0.2) is 4.90 Å². The van der Waals surface area contributed by atoms with Crippen LogP contribution in [0.2, 0.25) is 0 Å². The fourth-order valence-corrected chi connectivity index (χ4v) is 2.49. The lowest BCUT2D eigenvalue weighted by Gasteiger charge is -2.05. The van der Waals surface area contributed by atoms with Gasteiger partial charge in [-0.1, -0.05) is 19.2 Å². The molecule has 7 heteroatoms. The number of hydrogen-bond acceptors (Lipinski definition) is 1. The molecule has 0 radical (unpaired) electrons. The molecule has 0 saturated carbocycles. The first-order valence-corrected chi connectivity index (χ1v) is 6.39. The van der Waals surface area contributed by atoms with Crippen LogP contribution >= 0.6 is 19.2 Å². The van der Waals surface area contributed by atoms with Gasteiger partial charge in [-0.05, 0) is 6.66 Å². The highest BCUT2D eigenvalue weighted by Gasteiger charge is 2.25. The summed E-state index contributed by atoms with van der Waals surface area (Å²) in [4.78, 5) is -0.817. The van der Waals surface area contributed by atoms with Crippen LogP contribution < -0.4 is 0 Å². The van der Waals surface area contributed by atoms with Crippen molar-refractivity contribution in [1.29, 1.82) is 0 Å². The molecule has 1 atom stereocenters. The van der Waals surface area contributed by atoms with Crippen molar-refractivity contribution in [2.75, 3.05) is 6.66 Å².